The number of imidazole rings is 1. The van der Waals surface area contributed by atoms with Crippen molar-refractivity contribution in [3.05, 3.63) is 48.5 Å². The highest BCUT2D eigenvalue weighted by molar-refractivity contribution is 5.40. The van der Waals surface area contributed by atoms with Crippen LogP contribution in [0.15, 0.2) is 43.0 Å². The lowest BCUT2D eigenvalue weighted by atomic mass is 10.1. The van der Waals surface area contributed by atoms with Gasteiger partial charge in [0.05, 0.1) is 12.0 Å². The molecule has 108 valence electrons. The lowest BCUT2D eigenvalue weighted by Gasteiger charge is -2.18. The number of para-hydroxylation sites is 1. The summed E-state index contributed by atoms with van der Waals surface area (Å²) in [6, 6.07) is 8.44. The van der Waals surface area contributed by atoms with Gasteiger partial charge in [-0.15, -0.1) is 0 Å². The summed E-state index contributed by atoms with van der Waals surface area (Å²) < 4.78 is 2.06. The van der Waals surface area contributed by atoms with Crippen LogP contribution in [-0.4, -0.2) is 40.6 Å². The summed E-state index contributed by atoms with van der Waals surface area (Å²) in [6.45, 7) is 9.64. The number of nitrogens with one attached hydrogen (secondary N) is 1. The number of likely N-dealkylation sites (N-methyl/N-ethyl adjacent to an activating group) is 1. The molecule has 2 aromatic rings. The van der Waals surface area contributed by atoms with Gasteiger partial charge < -0.3 is 14.8 Å². The van der Waals surface area contributed by atoms with E-state index in [1.807, 2.05) is 18.7 Å². The Bertz CT molecular complexity index is 489. The number of nitrogens with zero attached hydrogens (tertiary/aromatic N) is 3. The number of hydrogen-bond donors (Lipinski definition) is 1. The van der Waals surface area contributed by atoms with Gasteiger partial charge in [0, 0.05) is 32.0 Å². The van der Waals surface area contributed by atoms with Gasteiger partial charge in [-0.05, 0) is 24.7 Å². The normalized spacial score (nSPS) is 11.2. The van der Waals surface area contributed by atoms with Crippen LogP contribution < -0.4 is 5.32 Å². The summed E-state index contributed by atoms with van der Waals surface area (Å²) >= 11 is 0. The van der Waals surface area contributed by atoms with Crippen LogP contribution >= 0.6 is 0 Å². The summed E-state index contributed by atoms with van der Waals surface area (Å²) in [7, 11) is 0. The molecule has 4 nitrogen and oxygen atoms in total. The van der Waals surface area contributed by atoms with E-state index in [-0.39, 0.29) is 0 Å². The van der Waals surface area contributed by atoms with Crippen molar-refractivity contribution in [3.63, 3.8) is 0 Å². The van der Waals surface area contributed by atoms with Crippen molar-refractivity contribution in [3.8, 4) is 5.69 Å². The molecule has 0 aliphatic heterocycles. The molecule has 0 saturated heterocycles. The van der Waals surface area contributed by atoms with Crippen LogP contribution in [0.2, 0.25) is 0 Å². The van der Waals surface area contributed by atoms with E-state index in [4.69, 9.17) is 0 Å². The molecule has 1 aromatic carbocycles. The maximum Gasteiger partial charge on any atom is 0.0991 e. The highest BCUT2D eigenvalue weighted by Crippen LogP contribution is 2.13. The Balaban J connectivity index is 1.90. The Kier molecular flexibility index (Phi) is 5.77. The van der Waals surface area contributed by atoms with E-state index in [9.17, 15) is 0 Å². The summed E-state index contributed by atoms with van der Waals surface area (Å²) in [5, 5.41) is 3.53. The van der Waals surface area contributed by atoms with Gasteiger partial charge in [0.1, 0.15) is 0 Å². The summed E-state index contributed by atoms with van der Waals surface area (Å²) in [5.41, 5.74) is 2.49. The maximum absolute atomic E-state index is 4.12. The highest BCUT2D eigenvalue weighted by atomic mass is 15.1. The van der Waals surface area contributed by atoms with Crippen molar-refractivity contribution in [1.82, 2.24) is 19.8 Å². The predicted octanol–water partition coefficient (Wildman–Crippen LogP) is 2.30. The molecule has 4 heteroatoms. The average Bonchev–Trinajstić information content (AvgIpc) is 3.02. The van der Waals surface area contributed by atoms with Crippen LogP contribution in [0.1, 0.15) is 19.4 Å². The number of hydrogen-bond acceptors (Lipinski definition) is 3. The Morgan fingerprint density at radius 2 is 2.00 bits per heavy atom. The third kappa shape index (κ3) is 3.92. The zero-order chi connectivity index (χ0) is 14.2. The topological polar surface area (TPSA) is 33.1 Å². The minimum Gasteiger partial charge on any atom is -0.311 e. The van der Waals surface area contributed by atoms with Gasteiger partial charge in [-0.3, -0.25) is 0 Å². The molecule has 0 unspecified atom stereocenters. The third-order valence-electron chi connectivity index (χ3n) is 3.59. The van der Waals surface area contributed by atoms with E-state index >= 15 is 0 Å². The minimum atomic E-state index is 0.885. The molecule has 0 bridgehead atoms. The van der Waals surface area contributed by atoms with Crippen molar-refractivity contribution >= 4 is 0 Å². The molecule has 1 N–H and O–H groups in total. The van der Waals surface area contributed by atoms with Gasteiger partial charge in [-0.1, -0.05) is 32.0 Å². The molecule has 0 atom stereocenters. The van der Waals surface area contributed by atoms with Crippen molar-refractivity contribution in [1.29, 1.82) is 0 Å². The van der Waals surface area contributed by atoms with Crippen LogP contribution in [0.5, 0.6) is 0 Å². The highest BCUT2D eigenvalue weighted by Gasteiger charge is 2.03. The second kappa shape index (κ2) is 7.82. The lowest BCUT2D eigenvalue weighted by Crippen LogP contribution is -2.31. The number of aromatic nitrogens is 2. The molecule has 0 fully saturated rings. The standard InChI is InChI=1S/C16H24N4/c1-3-19(4-2)11-9-17-13-15-7-5-6-8-16(15)20-12-10-18-14-20/h5-8,10,12,14,17H,3-4,9,11,13H2,1-2H3. The lowest BCUT2D eigenvalue weighted by molar-refractivity contribution is 0.302. The van der Waals surface area contributed by atoms with Gasteiger partial charge in [0.25, 0.3) is 0 Å². The molecule has 0 radical (unpaired) electrons. The van der Waals surface area contributed by atoms with Crippen LogP contribution in [0, 0.1) is 0 Å². The molecule has 20 heavy (non-hydrogen) atoms. The first kappa shape index (κ1) is 14.8. The van der Waals surface area contributed by atoms with Gasteiger partial charge in [-0.25, -0.2) is 4.98 Å². The molecular weight excluding hydrogens is 248 g/mol. The quantitative estimate of drug-likeness (QED) is 0.749. The second-order valence-corrected chi connectivity index (χ2v) is 4.80. The second-order valence-electron chi connectivity index (χ2n) is 4.80. The van der Waals surface area contributed by atoms with Crippen LogP contribution in [-0.2, 0) is 6.54 Å². The monoisotopic (exact) mass is 272 g/mol. The Morgan fingerprint density at radius 3 is 2.70 bits per heavy atom. The fraction of sp³-hybridized carbons (Fsp3) is 0.438. The molecule has 0 saturated carbocycles. The first-order valence-electron chi connectivity index (χ1n) is 7.34. The van der Waals surface area contributed by atoms with E-state index in [1.54, 1.807) is 0 Å². The van der Waals surface area contributed by atoms with Crippen molar-refractivity contribution < 1.29 is 0 Å². The maximum atomic E-state index is 4.12. The van der Waals surface area contributed by atoms with Crippen LogP contribution in [0.3, 0.4) is 0 Å². The first-order chi connectivity index (χ1) is 9.85. The molecule has 0 aliphatic carbocycles. The zero-order valence-electron chi connectivity index (χ0n) is 12.4. The molecule has 0 aliphatic rings. The minimum absolute atomic E-state index is 0.885. The SMILES string of the molecule is CCN(CC)CCNCc1ccccc1-n1ccnc1. The Labute approximate surface area is 121 Å². The van der Waals surface area contributed by atoms with Gasteiger partial charge in [0.2, 0.25) is 0 Å². The molecule has 0 spiro atoms. The van der Waals surface area contributed by atoms with Gasteiger partial charge >= 0.3 is 0 Å². The fourth-order valence-electron chi connectivity index (χ4n) is 2.31. The molecule has 1 aromatic heterocycles. The summed E-state index contributed by atoms with van der Waals surface area (Å²) in [4.78, 5) is 6.54. The van der Waals surface area contributed by atoms with Crippen molar-refractivity contribution in [2.24, 2.45) is 0 Å². The first-order valence-corrected chi connectivity index (χ1v) is 7.34. The van der Waals surface area contributed by atoms with E-state index < -0.39 is 0 Å². The van der Waals surface area contributed by atoms with Crippen molar-refractivity contribution in [2.75, 3.05) is 26.2 Å². The van der Waals surface area contributed by atoms with Gasteiger partial charge in [0.15, 0.2) is 0 Å². The van der Waals surface area contributed by atoms with Gasteiger partial charge in [-0.2, -0.15) is 0 Å². The van der Waals surface area contributed by atoms with E-state index in [2.05, 4.69) is 57.9 Å². The summed E-state index contributed by atoms with van der Waals surface area (Å²) in [5.74, 6) is 0. The van der Waals surface area contributed by atoms with E-state index in [0.717, 1.165) is 32.7 Å². The zero-order valence-corrected chi connectivity index (χ0v) is 12.4. The van der Waals surface area contributed by atoms with Crippen LogP contribution in [0.4, 0.5) is 0 Å². The molecule has 0 amide bonds. The summed E-state index contributed by atoms with van der Waals surface area (Å²) in [6.07, 6.45) is 5.63. The number of benzene rings is 1. The van der Waals surface area contributed by atoms with Crippen LogP contribution in [0.25, 0.3) is 5.69 Å². The fourth-order valence-corrected chi connectivity index (χ4v) is 2.31. The number of rotatable bonds is 8. The Morgan fingerprint density at radius 1 is 1.20 bits per heavy atom. The smallest absolute Gasteiger partial charge is 0.0991 e. The van der Waals surface area contributed by atoms with Crippen molar-refractivity contribution in [2.45, 2.75) is 20.4 Å². The Hall–Kier alpha value is -1.65. The molecular formula is C16H24N4. The third-order valence-corrected chi connectivity index (χ3v) is 3.59. The van der Waals surface area contributed by atoms with E-state index in [0.29, 0.717) is 0 Å². The van der Waals surface area contributed by atoms with E-state index in [1.165, 1.54) is 11.3 Å². The largest absolute Gasteiger partial charge is 0.311 e. The average molecular weight is 272 g/mol. The molecule has 1 heterocycles. The predicted molar refractivity (Wildman–Crippen MR) is 83.1 cm³/mol. The molecule has 2 rings (SSSR count).